The van der Waals surface area contributed by atoms with Crippen LogP contribution in [0.5, 0.6) is 0 Å². The Morgan fingerprint density at radius 1 is 1.03 bits per heavy atom. The number of hydrogen-bond acceptors (Lipinski definition) is 4. The lowest BCUT2D eigenvalue weighted by Crippen LogP contribution is -2.40. The molecule has 0 spiro atoms. The first kappa shape index (κ1) is 21.7. The largest absolute Gasteiger partial charge is 0.348 e. The van der Waals surface area contributed by atoms with Gasteiger partial charge in [0.05, 0.1) is 17.7 Å². The van der Waals surface area contributed by atoms with Gasteiger partial charge >= 0.3 is 0 Å². The fourth-order valence-electron chi connectivity index (χ4n) is 4.07. The summed E-state index contributed by atoms with van der Waals surface area (Å²) in [4.78, 5) is 36.4. The first-order valence-corrected chi connectivity index (χ1v) is 11.1. The first-order chi connectivity index (χ1) is 15.6. The van der Waals surface area contributed by atoms with Crippen LogP contribution in [0.15, 0.2) is 66.9 Å². The minimum absolute atomic E-state index is 0.0867. The quantitative estimate of drug-likeness (QED) is 0.650. The van der Waals surface area contributed by atoms with Crippen molar-refractivity contribution < 1.29 is 9.59 Å². The fraction of sp³-hybridized carbons (Fsp3) is 0.308. The van der Waals surface area contributed by atoms with Crippen molar-refractivity contribution in [2.75, 3.05) is 13.1 Å². The third-order valence-electron chi connectivity index (χ3n) is 5.88. The number of benzene rings is 2. The number of hydrogen-bond donors (Lipinski definition) is 1. The van der Waals surface area contributed by atoms with Crippen molar-refractivity contribution in [3.8, 4) is 0 Å². The molecule has 1 saturated heterocycles. The molecule has 0 radical (unpaired) electrons. The average Bonchev–Trinajstić information content (AvgIpc) is 2.84. The zero-order chi connectivity index (χ0) is 22.3. The second kappa shape index (κ2) is 10.2. The standard InChI is InChI=1S/C26H28N4O2/c1-19-23(26(32)28-16-21-11-6-3-7-12-21)17-27-25(29-19)22-13-8-14-30(18-22)24(31)15-20-9-4-2-5-10-20/h2-7,9-12,17,22H,8,13-16,18H2,1H3,(H,28,32)/t22-/m0/s1. The van der Waals surface area contributed by atoms with Gasteiger partial charge in [-0.25, -0.2) is 9.97 Å². The predicted octanol–water partition coefficient (Wildman–Crippen LogP) is 3.66. The molecule has 1 atom stereocenters. The Hall–Kier alpha value is -3.54. The summed E-state index contributed by atoms with van der Waals surface area (Å²) in [5.41, 5.74) is 3.21. The maximum Gasteiger partial charge on any atom is 0.254 e. The van der Waals surface area contributed by atoms with Crippen LogP contribution in [0.25, 0.3) is 0 Å². The van der Waals surface area contributed by atoms with Crippen LogP contribution in [0.2, 0.25) is 0 Å². The van der Waals surface area contributed by atoms with E-state index < -0.39 is 0 Å². The van der Waals surface area contributed by atoms with E-state index in [2.05, 4.69) is 15.3 Å². The van der Waals surface area contributed by atoms with E-state index in [0.29, 0.717) is 36.6 Å². The number of rotatable bonds is 6. The first-order valence-electron chi connectivity index (χ1n) is 11.1. The summed E-state index contributed by atoms with van der Waals surface area (Å²) in [5.74, 6) is 0.749. The topological polar surface area (TPSA) is 75.2 Å². The summed E-state index contributed by atoms with van der Waals surface area (Å²) < 4.78 is 0. The van der Waals surface area contributed by atoms with E-state index in [1.807, 2.05) is 72.5 Å². The van der Waals surface area contributed by atoms with Crippen LogP contribution < -0.4 is 5.32 Å². The van der Waals surface area contributed by atoms with Gasteiger partial charge in [0, 0.05) is 31.7 Å². The molecule has 1 aliphatic rings. The molecule has 3 aromatic rings. The average molecular weight is 429 g/mol. The van der Waals surface area contributed by atoms with Gasteiger partial charge in [0.15, 0.2) is 0 Å². The van der Waals surface area contributed by atoms with E-state index in [-0.39, 0.29) is 17.7 Å². The number of nitrogens with zero attached hydrogens (tertiary/aromatic N) is 3. The van der Waals surface area contributed by atoms with Crippen molar-refractivity contribution >= 4 is 11.8 Å². The van der Waals surface area contributed by atoms with Crippen LogP contribution in [0.3, 0.4) is 0 Å². The number of likely N-dealkylation sites (tertiary alicyclic amines) is 1. The van der Waals surface area contributed by atoms with Gasteiger partial charge in [-0.2, -0.15) is 0 Å². The summed E-state index contributed by atoms with van der Waals surface area (Å²) in [6.07, 6.45) is 3.89. The van der Waals surface area contributed by atoms with Crippen molar-refractivity contribution in [1.82, 2.24) is 20.2 Å². The molecule has 1 N–H and O–H groups in total. The monoisotopic (exact) mass is 428 g/mol. The Morgan fingerprint density at radius 3 is 2.41 bits per heavy atom. The second-order valence-corrected chi connectivity index (χ2v) is 8.24. The Kier molecular flexibility index (Phi) is 6.90. The van der Waals surface area contributed by atoms with Crippen LogP contribution in [-0.2, 0) is 17.8 Å². The molecule has 164 valence electrons. The van der Waals surface area contributed by atoms with Crippen molar-refractivity contribution in [2.24, 2.45) is 0 Å². The molecule has 0 saturated carbocycles. The molecule has 0 bridgehead atoms. The SMILES string of the molecule is Cc1nc([C@H]2CCCN(C(=O)Cc3ccccc3)C2)ncc1C(=O)NCc1ccccc1. The van der Waals surface area contributed by atoms with Crippen LogP contribution >= 0.6 is 0 Å². The molecule has 1 aromatic heterocycles. The molecule has 6 nitrogen and oxygen atoms in total. The molecule has 6 heteroatoms. The van der Waals surface area contributed by atoms with Crippen LogP contribution in [0, 0.1) is 6.92 Å². The number of carbonyl (C=O) groups is 2. The molecule has 2 heterocycles. The molecule has 1 aliphatic heterocycles. The third-order valence-corrected chi connectivity index (χ3v) is 5.88. The lowest BCUT2D eigenvalue weighted by molar-refractivity contribution is -0.131. The molecule has 32 heavy (non-hydrogen) atoms. The Bertz CT molecular complexity index is 1070. The summed E-state index contributed by atoms with van der Waals surface area (Å²) in [5, 5.41) is 2.93. The lowest BCUT2D eigenvalue weighted by atomic mass is 9.96. The molecule has 2 aromatic carbocycles. The third kappa shape index (κ3) is 5.38. The molecular weight excluding hydrogens is 400 g/mol. The zero-order valence-electron chi connectivity index (χ0n) is 18.3. The highest BCUT2D eigenvalue weighted by atomic mass is 16.2. The van der Waals surface area contributed by atoms with Gasteiger partial charge in [-0.05, 0) is 30.9 Å². The summed E-state index contributed by atoms with van der Waals surface area (Å²) in [6, 6.07) is 19.6. The number of piperidine rings is 1. The fourth-order valence-corrected chi connectivity index (χ4v) is 4.07. The second-order valence-electron chi connectivity index (χ2n) is 8.24. The van der Waals surface area contributed by atoms with E-state index >= 15 is 0 Å². The van der Waals surface area contributed by atoms with Crippen molar-refractivity contribution in [2.45, 2.75) is 38.6 Å². The highest BCUT2D eigenvalue weighted by Gasteiger charge is 2.27. The van der Waals surface area contributed by atoms with E-state index in [1.165, 1.54) is 0 Å². The van der Waals surface area contributed by atoms with Crippen LogP contribution in [0.1, 0.15) is 51.8 Å². The summed E-state index contributed by atoms with van der Waals surface area (Å²) in [7, 11) is 0. The smallest absolute Gasteiger partial charge is 0.254 e. The van der Waals surface area contributed by atoms with Crippen LogP contribution in [0.4, 0.5) is 0 Å². The van der Waals surface area contributed by atoms with Gasteiger partial charge < -0.3 is 10.2 Å². The van der Waals surface area contributed by atoms with E-state index in [9.17, 15) is 9.59 Å². The van der Waals surface area contributed by atoms with E-state index in [1.54, 1.807) is 6.20 Å². The molecule has 1 fully saturated rings. The van der Waals surface area contributed by atoms with Crippen molar-refractivity contribution in [3.05, 3.63) is 95.1 Å². The number of nitrogens with one attached hydrogen (secondary N) is 1. The van der Waals surface area contributed by atoms with Crippen molar-refractivity contribution in [3.63, 3.8) is 0 Å². The molecule has 2 amide bonds. The molecule has 0 aliphatic carbocycles. The number of aromatic nitrogens is 2. The minimum atomic E-state index is -0.179. The molecule has 0 unspecified atom stereocenters. The van der Waals surface area contributed by atoms with Crippen molar-refractivity contribution in [1.29, 1.82) is 0 Å². The maximum atomic E-state index is 12.8. The van der Waals surface area contributed by atoms with E-state index in [0.717, 1.165) is 30.5 Å². The van der Waals surface area contributed by atoms with E-state index in [4.69, 9.17) is 0 Å². The van der Waals surface area contributed by atoms with Gasteiger partial charge in [0.1, 0.15) is 5.82 Å². The summed E-state index contributed by atoms with van der Waals surface area (Å²) >= 11 is 0. The lowest BCUT2D eigenvalue weighted by Gasteiger charge is -2.32. The minimum Gasteiger partial charge on any atom is -0.348 e. The maximum absolute atomic E-state index is 12.8. The predicted molar refractivity (Wildman–Crippen MR) is 123 cm³/mol. The Balaban J connectivity index is 1.38. The highest BCUT2D eigenvalue weighted by Crippen LogP contribution is 2.25. The van der Waals surface area contributed by atoms with Crippen LogP contribution in [-0.4, -0.2) is 39.8 Å². The summed E-state index contributed by atoms with van der Waals surface area (Å²) in [6.45, 7) is 3.68. The van der Waals surface area contributed by atoms with Gasteiger partial charge in [0.25, 0.3) is 5.91 Å². The number of amides is 2. The Labute approximate surface area is 188 Å². The normalized spacial score (nSPS) is 15.9. The Morgan fingerprint density at radius 2 is 1.72 bits per heavy atom. The highest BCUT2D eigenvalue weighted by molar-refractivity contribution is 5.94. The van der Waals surface area contributed by atoms with Gasteiger partial charge in [-0.3, -0.25) is 9.59 Å². The van der Waals surface area contributed by atoms with Gasteiger partial charge in [0.2, 0.25) is 5.91 Å². The zero-order valence-corrected chi connectivity index (χ0v) is 18.3. The number of carbonyl (C=O) groups excluding carboxylic acids is 2. The van der Waals surface area contributed by atoms with Gasteiger partial charge in [-0.1, -0.05) is 60.7 Å². The van der Waals surface area contributed by atoms with Gasteiger partial charge in [-0.15, -0.1) is 0 Å². The number of aryl methyl sites for hydroxylation is 1. The molecule has 4 rings (SSSR count). The molecular formula is C26H28N4O2.